The molecule has 4 atom stereocenters. The number of amides is 1. The van der Waals surface area contributed by atoms with Crippen molar-refractivity contribution in [2.75, 3.05) is 16.8 Å². The molecule has 3 fully saturated rings. The first-order valence-electron chi connectivity index (χ1n) is 8.94. The molecular weight excluding hydrogens is 344 g/mol. The number of nitrogens with one attached hydrogen (secondary N) is 1. The molecule has 24 heavy (non-hydrogen) atoms. The van der Waals surface area contributed by atoms with Crippen molar-refractivity contribution in [3.05, 3.63) is 11.1 Å². The molecule has 2 bridgehead atoms. The van der Waals surface area contributed by atoms with Gasteiger partial charge in [0.1, 0.15) is 0 Å². The maximum Gasteiger partial charge on any atom is 0.226 e. The van der Waals surface area contributed by atoms with E-state index in [0.717, 1.165) is 24.0 Å². The van der Waals surface area contributed by atoms with Gasteiger partial charge in [-0.25, -0.2) is 13.4 Å². The zero-order valence-electron chi connectivity index (χ0n) is 13.7. The molecule has 0 radical (unpaired) electrons. The van der Waals surface area contributed by atoms with Crippen molar-refractivity contribution in [2.45, 2.75) is 50.9 Å². The Labute approximate surface area is 147 Å². The van der Waals surface area contributed by atoms with Crippen molar-refractivity contribution < 1.29 is 13.2 Å². The normalized spacial score (nSPS) is 34.3. The quantitative estimate of drug-likeness (QED) is 0.885. The molecule has 3 aliphatic rings. The molecule has 1 amide bonds. The standard InChI is InChI=1S/C17H24N2O3S2/c20-16(8-12-2-1-5-24(21,22)10-12)19-17-18-15(9-23-17)14-7-11-3-4-13(14)6-11/h9,11-14H,1-8,10H2,(H,18,19,20). The van der Waals surface area contributed by atoms with E-state index in [1.165, 1.54) is 37.0 Å². The molecule has 1 aromatic heterocycles. The highest BCUT2D eigenvalue weighted by Gasteiger charge is 2.41. The number of rotatable bonds is 4. The third-order valence-electron chi connectivity index (χ3n) is 5.92. The summed E-state index contributed by atoms with van der Waals surface area (Å²) in [5.41, 5.74) is 1.14. The molecule has 5 nitrogen and oxygen atoms in total. The van der Waals surface area contributed by atoms with E-state index in [-0.39, 0.29) is 29.8 Å². The summed E-state index contributed by atoms with van der Waals surface area (Å²) in [5, 5.41) is 5.63. The van der Waals surface area contributed by atoms with E-state index in [4.69, 9.17) is 0 Å². The lowest BCUT2D eigenvalue weighted by Gasteiger charge is -2.21. The maximum atomic E-state index is 12.2. The molecule has 2 aliphatic carbocycles. The topological polar surface area (TPSA) is 76.1 Å². The third-order valence-corrected chi connectivity index (χ3v) is 8.58. The Morgan fingerprint density at radius 1 is 1.29 bits per heavy atom. The van der Waals surface area contributed by atoms with Gasteiger partial charge >= 0.3 is 0 Å². The van der Waals surface area contributed by atoms with Crippen LogP contribution < -0.4 is 5.32 Å². The van der Waals surface area contributed by atoms with Crippen LogP contribution in [0.4, 0.5) is 5.13 Å². The van der Waals surface area contributed by atoms with Crippen molar-refractivity contribution in [3.63, 3.8) is 0 Å². The molecule has 1 saturated heterocycles. The summed E-state index contributed by atoms with van der Waals surface area (Å²) in [6, 6.07) is 0. The SMILES string of the molecule is O=C(CC1CCCS(=O)(=O)C1)Nc1nc(C2CC3CCC2C3)cs1. The van der Waals surface area contributed by atoms with Gasteiger partial charge in [-0.15, -0.1) is 11.3 Å². The number of aromatic nitrogens is 1. The molecule has 4 rings (SSSR count). The van der Waals surface area contributed by atoms with Crippen LogP contribution in [0.25, 0.3) is 0 Å². The van der Waals surface area contributed by atoms with Crippen LogP contribution in [0.1, 0.15) is 56.6 Å². The van der Waals surface area contributed by atoms with E-state index >= 15 is 0 Å². The molecule has 1 aliphatic heterocycles. The molecule has 1 aromatic rings. The molecule has 2 saturated carbocycles. The second-order valence-corrected chi connectivity index (χ2v) is 10.8. The number of fused-ring (bicyclic) bond motifs is 2. The zero-order valence-corrected chi connectivity index (χ0v) is 15.4. The smallest absolute Gasteiger partial charge is 0.226 e. The minimum Gasteiger partial charge on any atom is -0.302 e. The van der Waals surface area contributed by atoms with Crippen LogP contribution in [-0.4, -0.2) is 30.8 Å². The highest BCUT2D eigenvalue weighted by molar-refractivity contribution is 7.91. The maximum absolute atomic E-state index is 12.2. The van der Waals surface area contributed by atoms with E-state index in [1.54, 1.807) is 0 Å². The summed E-state index contributed by atoms with van der Waals surface area (Å²) in [5.74, 6) is 2.51. The Kier molecular flexibility index (Phi) is 4.41. The van der Waals surface area contributed by atoms with Crippen molar-refractivity contribution in [2.24, 2.45) is 17.8 Å². The first kappa shape index (κ1) is 16.5. The van der Waals surface area contributed by atoms with Gasteiger partial charge < -0.3 is 5.32 Å². The Morgan fingerprint density at radius 3 is 2.88 bits per heavy atom. The van der Waals surface area contributed by atoms with Crippen molar-refractivity contribution in [1.82, 2.24) is 4.98 Å². The highest BCUT2D eigenvalue weighted by Crippen LogP contribution is 2.52. The lowest BCUT2D eigenvalue weighted by Crippen LogP contribution is -2.28. The average Bonchev–Trinajstić information content (AvgIpc) is 3.21. The predicted octanol–water partition coefficient (Wildman–Crippen LogP) is 3.20. The van der Waals surface area contributed by atoms with Gasteiger partial charge in [-0.05, 0) is 49.9 Å². The fourth-order valence-electron chi connectivity index (χ4n) is 4.83. The van der Waals surface area contributed by atoms with Gasteiger partial charge in [0, 0.05) is 17.7 Å². The molecular formula is C17H24N2O3S2. The Morgan fingerprint density at radius 2 is 2.17 bits per heavy atom. The van der Waals surface area contributed by atoms with E-state index in [0.29, 0.717) is 17.5 Å². The molecule has 7 heteroatoms. The number of hydrogen-bond acceptors (Lipinski definition) is 5. The van der Waals surface area contributed by atoms with Crippen LogP contribution >= 0.6 is 11.3 Å². The fraction of sp³-hybridized carbons (Fsp3) is 0.765. The zero-order chi connectivity index (χ0) is 16.7. The van der Waals surface area contributed by atoms with E-state index in [1.807, 2.05) is 0 Å². The Bertz CT molecular complexity index is 728. The minimum absolute atomic E-state index is 0.0475. The van der Waals surface area contributed by atoms with Crippen LogP contribution in [0.3, 0.4) is 0 Å². The van der Waals surface area contributed by atoms with E-state index < -0.39 is 9.84 Å². The van der Waals surface area contributed by atoms with Gasteiger partial charge in [-0.1, -0.05) is 6.42 Å². The summed E-state index contributed by atoms with van der Waals surface area (Å²) < 4.78 is 23.3. The van der Waals surface area contributed by atoms with Gasteiger partial charge in [0.05, 0.1) is 17.2 Å². The molecule has 4 unspecified atom stereocenters. The lowest BCUT2D eigenvalue weighted by molar-refractivity contribution is -0.117. The number of carbonyl (C=O) groups excluding carboxylic acids is 1. The van der Waals surface area contributed by atoms with E-state index in [2.05, 4.69) is 15.7 Å². The Balaban J connectivity index is 1.33. The monoisotopic (exact) mass is 368 g/mol. The van der Waals surface area contributed by atoms with Gasteiger partial charge in [-0.2, -0.15) is 0 Å². The number of hydrogen-bond donors (Lipinski definition) is 1. The largest absolute Gasteiger partial charge is 0.302 e. The van der Waals surface area contributed by atoms with Crippen LogP contribution in [-0.2, 0) is 14.6 Å². The molecule has 132 valence electrons. The van der Waals surface area contributed by atoms with Gasteiger partial charge in [0.2, 0.25) is 5.91 Å². The van der Waals surface area contributed by atoms with Crippen LogP contribution in [0, 0.1) is 17.8 Å². The van der Waals surface area contributed by atoms with Crippen LogP contribution in [0.15, 0.2) is 5.38 Å². The number of sulfone groups is 1. The second kappa shape index (κ2) is 6.41. The highest BCUT2D eigenvalue weighted by atomic mass is 32.2. The summed E-state index contributed by atoms with van der Waals surface area (Å²) in [7, 11) is -2.96. The van der Waals surface area contributed by atoms with Crippen molar-refractivity contribution >= 4 is 32.2 Å². The molecule has 2 heterocycles. The number of carbonyl (C=O) groups is 1. The summed E-state index contributed by atoms with van der Waals surface area (Å²) in [6.07, 6.45) is 7.07. The predicted molar refractivity (Wildman–Crippen MR) is 94.9 cm³/mol. The summed E-state index contributed by atoms with van der Waals surface area (Å²) in [6.45, 7) is 0. The number of thiazole rings is 1. The lowest BCUT2D eigenvalue weighted by atomic mass is 9.87. The fourth-order valence-corrected chi connectivity index (χ4v) is 7.40. The van der Waals surface area contributed by atoms with Gasteiger partial charge in [0.15, 0.2) is 15.0 Å². The first-order valence-corrected chi connectivity index (χ1v) is 11.6. The molecule has 0 spiro atoms. The number of anilines is 1. The molecule has 1 N–H and O–H groups in total. The van der Waals surface area contributed by atoms with Crippen LogP contribution in [0.5, 0.6) is 0 Å². The summed E-state index contributed by atoms with van der Waals surface area (Å²) in [4.78, 5) is 16.9. The Hall–Kier alpha value is -0.950. The van der Waals surface area contributed by atoms with Crippen molar-refractivity contribution in [1.29, 1.82) is 0 Å². The van der Waals surface area contributed by atoms with E-state index in [9.17, 15) is 13.2 Å². The van der Waals surface area contributed by atoms with Crippen LogP contribution in [0.2, 0.25) is 0 Å². The molecule has 0 aromatic carbocycles. The van der Waals surface area contributed by atoms with Gasteiger partial charge in [-0.3, -0.25) is 4.79 Å². The first-order chi connectivity index (χ1) is 11.5. The second-order valence-electron chi connectivity index (χ2n) is 7.73. The number of nitrogens with zero attached hydrogens (tertiary/aromatic N) is 1. The van der Waals surface area contributed by atoms with Gasteiger partial charge in [0.25, 0.3) is 0 Å². The third kappa shape index (κ3) is 3.52. The van der Waals surface area contributed by atoms with Crippen molar-refractivity contribution in [3.8, 4) is 0 Å². The average molecular weight is 369 g/mol. The minimum atomic E-state index is -2.96. The summed E-state index contributed by atoms with van der Waals surface area (Å²) >= 11 is 1.49.